The highest BCUT2D eigenvalue weighted by molar-refractivity contribution is 6.03. The van der Waals surface area contributed by atoms with Crippen molar-refractivity contribution in [2.24, 2.45) is 17.6 Å². The van der Waals surface area contributed by atoms with Gasteiger partial charge in [-0.05, 0) is 43.0 Å². The van der Waals surface area contributed by atoms with E-state index in [0.29, 0.717) is 24.4 Å². The first-order valence-corrected chi connectivity index (χ1v) is 12.6. The zero-order valence-electron chi connectivity index (χ0n) is 20.8. The monoisotopic (exact) mass is 504 g/mol. The van der Waals surface area contributed by atoms with Crippen LogP contribution >= 0.6 is 0 Å². The van der Waals surface area contributed by atoms with Gasteiger partial charge >= 0.3 is 0 Å². The lowest BCUT2D eigenvalue weighted by Crippen LogP contribution is -2.61. The Morgan fingerprint density at radius 2 is 2.00 bits per heavy atom. The second-order valence-electron chi connectivity index (χ2n) is 10.0. The van der Waals surface area contributed by atoms with Crippen molar-refractivity contribution in [1.82, 2.24) is 15.2 Å². The molecule has 9 heteroatoms. The van der Waals surface area contributed by atoms with Crippen LogP contribution in [0, 0.1) is 11.8 Å². The van der Waals surface area contributed by atoms with Crippen LogP contribution in [0.2, 0.25) is 0 Å². The van der Waals surface area contributed by atoms with Crippen LogP contribution in [0.5, 0.6) is 5.75 Å². The van der Waals surface area contributed by atoms with Crippen LogP contribution in [0.15, 0.2) is 54.6 Å². The molecule has 1 aromatic heterocycles. The number of benzene rings is 2. The maximum absolute atomic E-state index is 14.1. The second-order valence-corrected chi connectivity index (χ2v) is 10.0. The van der Waals surface area contributed by atoms with Gasteiger partial charge in [0, 0.05) is 48.4 Å². The Morgan fingerprint density at radius 1 is 1.22 bits per heavy atom. The Kier molecular flexibility index (Phi) is 6.64. The Labute approximate surface area is 215 Å². The molecule has 0 radical (unpaired) electrons. The number of H-pyrrole nitrogens is 1. The molecule has 0 saturated carbocycles. The molecule has 2 aliphatic rings. The molecule has 194 valence electrons. The molecule has 0 spiro atoms. The van der Waals surface area contributed by atoms with E-state index in [2.05, 4.69) is 10.3 Å². The maximum atomic E-state index is 14.1. The summed E-state index contributed by atoms with van der Waals surface area (Å²) in [7, 11) is 1.57. The molecular formula is C28H32N4O5. The van der Waals surface area contributed by atoms with E-state index in [1.165, 1.54) is 4.90 Å². The maximum Gasteiger partial charge on any atom is 0.271 e. The fraction of sp³-hybridized carbons (Fsp3) is 0.393. The molecule has 5 rings (SSSR count). The summed E-state index contributed by atoms with van der Waals surface area (Å²) >= 11 is 0. The SMILES string of the molecule is COc1cccc2[nH]c(C(=O)N3CC(c4ccccc4)CC3(C(N)=O)[C@@H](CO)C[C@H]3CCNC3=O)cc12. The normalized spacial score (nSPS) is 24.3. The molecule has 5 N–H and O–H groups in total. The van der Waals surface area contributed by atoms with Crippen molar-refractivity contribution in [1.29, 1.82) is 0 Å². The number of aromatic amines is 1. The quantitative estimate of drug-likeness (QED) is 0.373. The van der Waals surface area contributed by atoms with Gasteiger partial charge in [-0.1, -0.05) is 36.4 Å². The fourth-order valence-corrected chi connectivity index (χ4v) is 6.17. The summed E-state index contributed by atoms with van der Waals surface area (Å²) in [5.74, 6) is -1.75. The first-order chi connectivity index (χ1) is 17.9. The predicted molar refractivity (Wildman–Crippen MR) is 138 cm³/mol. The summed E-state index contributed by atoms with van der Waals surface area (Å²) in [5, 5.41) is 14.1. The number of carbonyl (C=O) groups is 3. The van der Waals surface area contributed by atoms with E-state index < -0.39 is 17.4 Å². The van der Waals surface area contributed by atoms with E-state index >= 15 is 0 Å². The predicted octanol–water partition coefficient (Wildman–Crippen LogP) is 2.17. The van der Waals surface area contributed by atoms with Gasteiger partial charge in [0.05, 0.1) is 7.11 Å². The summed E-state index contributed by atoms with van der Waals surface area (Å²) in [6.45, 7) is 0.432. The summed E-state index contributed by atoms with van der Waals surface area (Å²) < 4.78 is 5.45. The molecule has 3 heterocycles. The number of rotatable bonds is 8. The van der Waals surface area contributed by atoms with Crippen LogP contribution in [0.25, 0.3) is 10.9 Å². The van der Waals surface area contributed by atoms with Gasteiger partial charge in [-0.25, -0.2) is 0 Å². The topological polar surface area (TPSA) is 138 Å². The van der Waals surface area contributed by atoms with Crippen molar-refractivity contribution in [2.75, 3.05) is 26.8 Å². The van der Waals surface area contributed by atoms with Gasteiger partial charge in [0.1, 0.15) is 17.0 Å². The number of likely N-dealkylation sites (tertiary alicyclic amines) is 1. The highest BCUT2D eigenvalue weighted by atomic mass is 16.5. The van der Waals surface area contributed by atoms with E-state index in [-0.39, 0.29) is 49.6 Å². The van der Waals surface area contributed by atoms with Crippen molar-refractivity contribution in [2.45, 2.75) is 30.7 Å². The lowest BCUT2D eigenvalue weighted by molar-refractivity contribution is -0.133. The van der Waals surface area contributed by atoms with Crippen molar-refractivity contribution < 1.29 is 24.2 Å². The summed E-state index contributed by atoms with van der Waals surface area (Å²) in [5.41, 5.74) is 6.66. The van der Waals surface area contributed by atoms with Crippen LogP contribution in [0.4, 0.5) is 0 Å². The Morgan fingerprint density at radius 3 is 2.65 bits per heavy atom. The minimum Gasteiger partial charge on any atom is -0.496 e. The number of fused-ring (bicyclic) bond motifs is 1. The van der Waals surface area contributed by atoms with Crippen LogP contribution in [0.1, 0.15) is 41.2 Å². The number of nitrogens with zero attached hydrogens (tertiary/aromatic N) is 1. The highest BCUT2D eigenvalue weighted by Gasteiger charge is 2.57. The minimum absolute atomic E-state index is 0.101. The summed E-state index contributed by atoms with van der Waals surface area (Å²) in [6.07, 6.45) is 1.14. The van der Waals surface area contributed by atoms with Gasteiger partial charge in [0.2, 0.25) is 11.8 Å². The number of primary amides is 1. The molecular weight excluding hydrogens is 472 g/mol. The molecule has 2 fully saturated rings. The number of amides is 3. The van der Waals surface area contributed by atoms with Gasteiger partial charge in [0.15, 0.2) is 0 Å². The Balaban J connectivity index is 1.59. The van der Waals surface area contributed by atoms with E-state index in [4.69, 9.17) is 10.5 Å². The molecule has 3 aromatic rings. The van der Waals surface area contributed by atoms with Crippen molar-refractivity contribution in [3.05, 3.63) is 65.9 Å². The van der Waals surface area contributed by atoms with Gasteiger partial charge in [-0.3, -0.25) is 14.4 Å². The van der Waals surface area contributed by atoms with Gasteiger partial charge in [-0.15, -0.1) is 0 Å². The zero-order valence-corrected chi connectivity index (χ0v) is 20.8. The van der Waals surface area contributed by atoms with E-state index in [0.717, 1.165) is 16.5 Å². The van der Waals surface area contributed by atoms with Crippen LogP contribution in [0.3, 0.4) is 0 Å². The van der Waals surface area contributed by atoms with Gasteiger partial charge in [0.25, 0.3) is 5.91 Å². The molecule has 9 nitrogen and oxygen atoms in total. The van der Waals surface area contributed by atoms with E-state index in [1.807, 2.05) is 48.5 Å². The average Bonchev–Trinajstić information content (AvgIpc) is 3.64. The summed E-state index contributed by atoms with van der Waals surface area (Å²) in [4.78, 5) is 44.6. The first-order valence-electron chi connectivity index (χ1n) is 12.6. The highest BCUT2D eigenvalue weighted by Crippen LogP contribution is 2.46. The molecule has 0 bridgehead atoms. The molecule has 2 aliphatic heterocycles. The standard InChI is InChI=1S/C28H32N4O5/c1-37-24-9-5-8-22-21(24)13-23(31-22)26(35)32-15-19(17-6-3-2-4-7-17)14-28(32,27(29)36)20(16-33)12-18-10-11-30-25(18)34/h2-9,13,18-20,31,33H,10-12,14-16H2,1H3,(H2,29,36)(H,30,34)/t18-,19?,20-,28?/m1/s1. The average molecular weight is 505 g/mol. The number of hydrogen-bond acceptors (Lipinski definition) is 5. The largest absolute Gasteiger partial charge is 0.496 e. The zero-order chi connectivity index (χ0) is 26.2. The minimum atomic E-state index is -1.46. The number of aliphatic hydroxyl groups excluding tert-OH is 1. The van der Waals surface area contributed by atoms with Crippen molar-refractivity contribution >= 4 is 28.6 Å². The third kappa shape index (κ3) is 4.23. The van der Waals surface area contributed by atoms with Crippen LogP contribution < -0.4 is 15.8 Å². The number of nitrogens with two attached hydrogens (primary N) is 1. The third-order valence-corrected chi connectivity index (χ3v) is 8.09. The number of carbonyl (C=O) groups excluding carboxylic acids is 3. The number of ether oxygens (including phenoxy) is 1. The third-order valence-electron chi connectivity index (χ3n) is 8.09. The van der Waals surface area contributed by atoms with Crippen LogP contribution in [-0.4, -0.2) is 65.1 Å². The Hall–Kier alpha value is -3.85. The van der Waals surface area contributed by atoms with Gasteiger partial charge < -0.3 is 30.8 Å². The molecule has 2 unspecified atom stereocenters. The fourth-order valence-electron chi connectivity index (χ4n) is 6.17. The lowest BCUT2D eigenvalue weighted by atomic mass is 9.74. The molecule has 37 heavy (non-hydrogen) atoms. The number of aliphatic hydroxyl groups is 1. The molecule has 2 saturated heterocycles. The smallest absolute Gasteiger partial charge is 0.271 e. The van der Waals surface area contributed by atoms with Crippen molar-refractivity contribution in [3.63, 3.8) is 0 Å². The first kappa shape index (κ1) is 24.8. The summed E-state index contributed by atoms with van der Waals surface area (Å²) in [6, 6.07) is 16.9. The number of hydrogen-bond donors (Lipinski definition) is 4. The number of aromatic nitrogens is 1. The second kappa shape index (κ2) is 9.89. The molecule has 4 atom stereocenters. The van der Waals surface area contributed by atoms with E-state index in [1.54, 1.807) is 13.2 Å². The van der Waals surface area contributed by atoms with Gasteiger partial charge in [-0.2, -0.15) is 0 Å². The number of methoxy groups -OCH3 is 1. The molecule has 3 amide bonds. The number of nitrogens with one attached hydrogen (secondary N) is 2. The van der Waals surface area contributed by atoms with Crippen LogP contribution in [-0.2, 0) is 9.59 Å². The van der Waals surface area contributed by atoms with Crippen molar-refractivity contribution in [3.8, 4) is 5.75 Å². The van der Waals surface area contributed by atoms with E-state index in [9.17, 15) is 19.5 Å². The molecule has 2 aromatic carbocycles. The Bertz CT molecular complexity index is 1320. The molecule has 0 aliphatic carbocycles. The lowest BCUT2D eigenvalue weighted by Gasteiger charge is -2.41.